The Bertz CT molecular complexity index is 1910. The van der Waals surface area contributed by atoms with Gasteiger partial charge in [0.1, 0.15) is 11.5 Å². The molecule has 0 spiro atoms. The van der Waals surface area contributed by atoms with E-state index < -0.39 is 12.0 Å². The molecule has 1 atom stereocenters. The molecule has 0 fully saturated rings. The van der Waals surface area contributed by atoms with Crippen molar-refractivity contribution in [2.45, 2.75) is 26.8 Å². The van der Waals surface area contributed by atoms with Crippen molar-refractivity contribution in [3.8, 4) is 22.8 Å². The molecule has 2 aromatic carbocycles. The van der Waals surface area contributed by atoms with E-state index in [9.17, 15) is 9.59 Å². The summed E-state index contributed by atoms with van der Waals surface area (Å²) in [6.45, 7) is 5.92. The third kappa shape index (κ3) is 5.68. The molecule has 8 nitrogen and oxygen atoms in total. The average Bonchev–Trinajstić information content (AvgIpc) is 3.54. The van der Waals surface area contributed by atoms with Crippen LogP contribution < -0.4 is 24.4 Å². The van der Waals surface area contributed by atoms with Gasteiger partial charge in [0.05, 0.1) is 47.2 Å². The summed E-state index contributed by atoms with van der Waals surface area (Å²) in [6, 6.07) is 11.3. The fourth-order valence-electron chi connectivity index (χ4n) is 4.66. The molecule has 1 aliphatic heterocycles. The van der Waals surface area contributed by atoms with Crippen LogP contribution in [0.4, 0.5) is 0 Å². The first-order valence-corrected chi connectivity index (χ1v) is 15.3. The van der Waals surface area contributed by atoms with E-state index in [0.29, 0.717) is 70.3 Å². The largest absolute Gasteiger partial charge is 0.493 e. The van der Waals surface area contributed by atoms with Gasteiger partial charge in [-0.2, -0.15) is 0 Å². The maximum Gasteiger partial charge on any atom is 0.338 e. The van der Waals surface area contributed by atoms with E-state index in [1.54, 1.807) is 62.4 Å². The second kappa shape index (κ2) is 12.5. The third-order valence-corrected chi connectivity index (χ3v) is 8.72. The fraction of sp³-hybridized carbons (Fsp3) is 0.233. The second-order valence-electron chi connectivity index (χ2n) is 9.09. The molecule has 0 radical (unpaired) electrons. The van der Waals surface area contributed by atoms with E-state index in [1.165, 1.54) is 23.0 Å². The van der Waals surface area contributed by atoms with E-state index in [2.05, 4.69) is 20.9 Å². The fourth-order valence-corrected chi connectivity index (χ4v) is 6.61. The highest BCUT2D eigenvalue weighted by Crippen LogP contribution is 2.41. The highest BCUT2D eigenvalue weighted by atomic mass is 79.9. The molecule has 5 rings (SSSR count). The molecule has 4 aromatic rings. The van der Waals surface area contributed by atoms with Gasteiger partial charge in [0, 0.05) is 21.1 Å². The summed E-state index contributed by atoms with van der Waals surface area (Å²) in [7, 11) is 1.53. The summed E-state index contributed by atoms with van der Waals surface area (Å²) < 4.78 is 25.2. The number of halogens is 3. The van der Waals surface area contributed by atoms with Crippen molar-refractivity contribution in [1.29, 1.82) is 0 Å². The molecule has 218 valence electrons. The third-order valence-electron chi connectivity index (χ3n) is 6.49. The van der Waals surface area contributed by atoms with Crippen LogP contribution >= 0.6 is 50.5 Å². The zero-order valence-corrected chi connectivity index (χ0v) is 26.9. The molecule has 0 unspecified atom stereocenters. The average molecular weight is 692 g/mol. The van der Waals surface area contributed by atoms with Gasteiger partial charge in [-0.25, -0.2) is 9.79 Å². The Morgan fingerprint density at radius 3 is 2.64 bits per heavy atom. The Labute approximate surface area is 263 Å². The summed E-state index contributed by atoms with van der Waals surface area (Å²) in [4.78, 5) is 32.3. The molecule has 0 amide bonds. The number of methoxy groups -OCH3 is 1. The minimum absolute atomic E-state index is 0.165. The predicted molar refractivity (Wildman–Crippen MR) is 166 cm³/mol. The highest BCUT2D eigenvalue weighted by molar-refractivity contribution is 9.10. The number of aromatic nitrogens is 1. The number of thiazole rings is 1. The van der Waals surface area contributed by atoms with Gasteiger partial charge in [-0.05, 0) is 68.8 Å². The lowest BCUT2D eigenvalue weighted by atomic mass is 9.95. The van der Waals surface area contributed by atoms with Crippen molar-refractivity contribution in [3.63, 3.8) is 0 Å². The first-order chi connectivity index (χ1) is 20.2. The summed E-state index contributed by atoms with van der Waals surface area (Å²) in [5.41, 5.74) is 1.59. The molecular formula is C30H25BrCl2N2O6S. The van der Waals surface area contributed by atoms with Crippen LogP contribution in [0, 0.1) is 0 Å². The first-order valence-electron chi connectivity index (χ1n) is 12.9. The molecule has 0 saturated heterocycles. The Morgan fingerprint density at radius 2 is 1.93 bits per heavy atom. The van der Waals surface area contributed by atoms with Crippen LogP contribution in [0.25, 0.3) is 17.4 Å². The van der Waals surface area contributed by atoms with Gasteiger partial charge in [-0.15, -0.1) is 0 Å². The normalized spacial score (nSPS) is 14.9. The number of esters is 1. The number of rotatable bonds is 8. The zero-order chi connectivity index (χ0) is 30.1. The van der Waals surface area contributed by atoms with Gasteiger partial charge in [0.25, 0.3) is 5.56 Å². The van der Waals surface area contributed by atoms with Crippen LogP contribution in [-0.2, 0) is 9.53 Å². The number of benzene rings is 2. The Balaban J connectivity index is 1.68. The number of carbonyl (C=O) groups is 1. The van der Waals surface area contributed by atoms with Crippen molar-refractivity contribution in [3.05, 3.63) is 99.3 Å². The van der Waals surface area contributed by atoms with E-state index in [1.807, 2.05) is 6.92 Å². The topological polar surface area (TPSA) is 92.3 Å². The van der Waals surface area contributed by atoms with Gasteiger partial charge in [-0.3, -0.25) is 9.36 Å². The van der Waals surface area contributed by atoms with Crippen LogP contribution in [0.5, 0.6) is 11.5 Å². The second-order valence-corrected chi connectivity index (χ2v) is 11.8. The number of ether oxygens (including phenoxy) is 3. The Kier molecular flexibility index (Phi) is 8.98. The summed E-state index contributed by atoms with van der Waals surface area (Å²) in [6.07, 6.45) is 1.64. The smallest absolute Gasteiger partial charge is 0.338 e. The Hall–Kier alpha value is -3.31. The standard InChI is InChI=1S/C30H25BrCl2N2O6S/c1-5-39-24-14-20(31)18(13-23(24)38-4)27-26(29(37)40-6-2)15(3)34-30-35(27)28(36)25(42-30)12-17-8-10-22(41-17)19-11-16(32)7-9-21(19)33/h7-14,27H,5-6H2,1-4H3/b25-12+/t27-/m0/s1. The minimum atomic E-state index is -0.848. The molecule has 0 aliphatic carbocycles. The maximum absolute atomic E-state index is 14.0. The van der Waals surface area contributed by atoms with Crippen LogP contribution in [0.15, 0.2) is 72.4 Å². The zero-order valence-electron chi connectivity index (χ0n) is 23.0. The molecule has 1 aliphatic rings. The molecule has 2 aromatic heterocycles. The predicted octanol–water partition coefficient (Wildman–Crippen LogP) is 6.53. The lowest BCUT2D eigenvalue weighted by molar-refractivity contribution is -0.139. The monoisotopic (exact) mass is 690 g/mol. The lowest BCUT2D eigenvalue weighted by Crippen LogP contribution is -2.40. The quantitative estimate of drug-likeness (QED) is 0.195. The van der Waals surface area contributed by atoms with Crippen LogP contribution in [0.2, 0.25) is 10.0 Å². The highest BCUT2D eigenvalue weighted by Gasteiger charge is 2.35. The molecular weight excluding hydrogens is 667 g/mol. The van der Waals surface area contributed by atoms with Crippen LogP contribution in [-0.4, -0.2) is 30.9 Å². The molecule has 12 heteroatoms. The van der Waals surface area contributed by atoms with Gasteiger partial charge in [0.15, 0.2) is 16.3 Å². The van der Waals surface area contributed by atoms with Gasteiger partial charge in [-0.1, -0.05) is 50.5 Å². The van der Waals surface area contributed by atoms with Crippen molar-refractivity contribution in [1.82, 2.24) is 4.57 Å². The van der Waals surface area contributed by atoms with Crippen molar-refractivity contribution < 1.29 is 23.4 Å². The van der Waals surface area contributed by atoms with E-state index in [4.69, 9.17) is 41.8 Å². The van der Waals surface area contributed by atoms with Gasteiger partial charge >= 0.3 is 5.97 Å². The van der Waals surface area contributed by atoms with E-state index in [-0.39, 0.29) is 17.7 Å². The van der Waals surface area contributed by atoms with Crippen LogP contribution in [0.1, 0.15) is 38.1 Å². The maximum atomic E-state index is 14.0. The lowest BCUT2D eigenvalue weighted by Gasteiger charge is -2.26. The number of hydrogen-bond acceptors (Lipinski definition) is 8. The number of carbonyl (C=O) groups excluding carboxylic acids is 1. The molecule has 42 heavy (non-hydrogen) atoms. The summed E-state index contributed by atoms with van der Waals surface area (Å²) in [5.74, 6) is 1.36. The number of furan rings is 1. The Morgan fingerprint density at radius 1 is 1.14 bits per heavy atom. The van der Waals surface area contributed by atoms with Gasteiger partial charge < -0.3 is 18.6 Å². The number of hydrogen-bond donors (Lipinski definition) is 0. The van der Waals surface area contributed by atoms with Crippen molar-refractivity contribution in [2.24, 2.45) is 4.99 Å². The number of allylic oxidation sites excluding steroid dienone is 1. The van der Waals surface area contributed by atoms with Crippen molar-refractivity contribution >= 4 is 62.5 Å². The van der Waals surface area contributed by atoms with Gasteiger partial charge in [0.2, 0.25) is 0 Å². The van der Waals surface area contributed by atoms with E-state index >= 15 is 0 Å². The number of nitrogens with zero attached hydrogens (tertiary/aromatic N) is 2. The molecule has 0 N–H and O–H groups in total. The van der Waals surface area contributed by atoms with Crippen molar-refractivity contribution in [2.75, 3.05) is 20.3 Å². The summed E-state index contributed by atoms with van der Waals surface area (Å²) >= 11 is 17.3. The van der Waals surface area contributed by atoms with Crippen LogP contribution in [0.3, 0.4) is 0 Å². The SMILES string of the molecule is CCOC(=O)C1=C(C)N=c2s/c(=C/c3ccc(-c4cc(Cl)ccc4Cl)o3)c(=O)n2[C@H]1c1cc(OC)c(OCC)cc1Br. The first kappa shape index (κ1) is 30.2. The number of fused-ring (bicyclic) bond motifs is 1. The summed E-state index contributed by atoms with van der Waals surface area (Å²) in [5, 5.41) is 1.00. The molecule has 0 saturated carbocycles. The minimum Gasteiger partial charge on any atom is -0.493 e. The molecule has 3 heterocycles. The van der Waals surface area contributed by atoms with E-state index in [0.717, 1.165) is 0 Å². The molecule has 0 bridgehead atoms.